The SMILES string of the molecule is CC1(C)CC(=O)CC(=NNC(=S)NCc2ccccc2)C1. The van der Waals surface area contributed by atoms with Crippen molar-refractivity contribution in [1.82, 2.24) is 10.7 Å². The van der Waals surface area contributed by atoms with Crippen LogP contribution in [-0.2, 0) is 11.3 Å². The summed E-state index contributed by atoms with van der Waals surface area (Å²) in [5.41, 5.74) is 4.86. The van der Waals surface area contributed by atoms with E-state index in [2.05, 4.69) is 29.7 Å². The van der Waals surface area contributed by atoms with Crippen LogP contribution >= 0.6 is 12.2 Å². The van der Waals surface area contributed by atoms with Crippen molar-refractivity contribution in [2.75, 3.05) is 0 Å². The number of hydrogen-bond donors (Lipinski definition) is 2. The Kier molecular flexibility index (Phi) is 5.07. The molecule has 112 valence electrons. The quantitative estimate of drug-likeness (QED) is 0.666. The smallest absolute Gasteiger partial charge is 0.187 e. The average molecular weight is 303 g/mol. The van der Waals surface area contributed by atoms with Gasteiger partial charge in [0.1, 0.15) is 5.78 Å². The second-order valence-corrected chi connectivity index (χ2v) is 6.60. The predicted octanol–water partition coefficient (Wildman–Crippen LogP) is 2.79. The van der Waals surface area contributed by atoms with Gasteiger partial charge in [-0.2, -0.15) is 5.10 Å². The average Bonchev–Trinajstić information content (AvgIpc) is 2.42. The number of nitrogens with one attached hydrogen (secondary N) is 2. The number of thiocarbonyl (C=S) groups is 1. The molecular weight excluding hydrogens is 282 g/mol. The number of carbonyl (C=O) groups is 1. The lowest BCUT2D eigenvalue weighted by Gasteiger charge is -2.29. The number of carbonyl (C=O) groups excluding carboxylic acids is 1. The van der Waals surface area contributed by atoms with Crippen LogP contribution in [0.5, 0.6) is 0 Å². The molecule has 5 heteroatoms. The van der Waals surface area contributed by atoms with Crippen molar-refractivity contribution in [3.8, 4) is 0 Å². The van der Waals surface area contributed by atoms with Gasteiger partial charge >= 0.3 is 0 Å². The highest BCUT2D eigenvalue weighted by Gasteiger charge is 2.30. The summed E-state index contributed by atoms with van der Waals surface area (Å²) < 4.78 is 0. The molecule has 0 heterocycles. The van der Waals surface area contributed by atoms with E-state index in [1.165, 1.54) is 0 Å². The maximum absolute atomic E-state index is 11.7. The Hall–Kier alpha value is -1.75. The standard InChI is InChI=1S/C16H21N3OS/c1-16(2)9-13(8-14(20)10-16)18-19-15(21)17-11-12-6-4-3-5-7-12/h3-7H,8-11H2,1-2H3,(H2,17,19,21). The first-order chi connectivity index (χ1) is 9.94. The molecule has 1 saturated carbocycles. The normalized spacial score (nSPS) is 19.3. The number of benzene rings is 1. The molecule has 0 amide bonds. The summed E-state index contributed by atoms with van der Waals surface area (Å²) in [6, 6.07) is 10.0. The van der Waals surface area contributed by atoms with Crippen LogP contribution in [-0.4, -0.2) is 16.6 Å². The molecule has 1 aromatic carbocycles. The van der Waals surface area contributed by atoms with E-state index in [4.69, 9.17) is 12.2 Å². The lowest BCUT2D eigenvalue weighted by molar-refractivity contribution is -0.120. The van der Waals surface area contributed by atoms with Gasteiger partial charge in [-0.15, -0.1) is 0 Å². The second-order valence-electron chi connectivity index (χ2n) is 6.19. The molecule has 2 N–H and O–H groups in total. The maximum atomic E-state index is 11.7. The minimum Gasteiger partial charge on any atom is -0.357 e. The molecule has 0 aromatic heterocycles. The summed E-state index contributed by atoms with van der Waals surface area (Å²) in [5.74, 6) is 0.245. The summed E-state index contributed by atoms with van der Waals surface area (Å²) in [7, 11) is 0. The van der Waals surface area contributed by atoms with Crippen LogP contribution in [0.15, 0.2) is 35.4 Å². The van der Waals surface area contributed by atoms with Crippen LogP contribution < -0.4 is 10.7 Å². The highest BCUT2D eigenvalue weighted by atomic mass is 32.1. The fourth-order valence-corrected chi connectivity index (χ4v) is 2.65. The largest absolute Gasteiger partial charge is 0.357 e. The molecule has 1 aromatic rings. The summed E-state index contributed by atoms with van der Waals surface area (Å²) in [6.07, 6.45) is 1.88. The van der Waals surface area contributed by atoms with E-state index in [1.807, 2.05) is 30.3 Å². The van der Waals surface area contributed by atoms with Crippen LogP contribution in [0.4, 0.5) is 0 Å². The van der Waals surface area contributed by atoms with Crippen molar-refractivity contribution >= 4 is 28.8 Å². The van der Waals surface area contributed by atoms with Crippen LogP contribution in [0.2, 0.25) is 0 Å². The molecule has 4 nitrogen and oxygen atoms in total. The first kappa shape index (κ1) is 15.6. The van der Waals surface area contributed by atoms with Crippen LogP contribution in [0.3, 0.4) is 0 Å². The van der Waals surface area contributed by atoms with E-state index in [1.54, 1.807) is 0 Å². The maximum Gasteiger partial charge on any atom is 0.187 e. The third-order valence-electron chi connectivity index (χ3n) is 3.37. The predicted molar refractivity (Wildman–Crippen MR) is 89.1 cm³/mol. The molecule has 0 radical (unpaired) electrons. The number of Topliss-reactive ketones (excluding diaryl/α,β-unsaturated/α-hetero) is 1. The molecule has 21 heavy (non-hydrogen) atoms. The van der Waals surface area contributed by atoms with Crippen molar-refractivity contribution in [2.45, 2.75) is 39.7 Å². The van der Waals surface area contributed by atoms with Gasteiger partial charge in [0.2, 0.25) is 0 Å². The molecule has 0 unspecified atom stereocenters. The summed E-state index contributed by atoms with van der Waals surface area (Å²) in [5, 5.41) is 7.86. The summed E-state index contributed by atoms with van der Waals surface area (Å²) >= 11 is 5.19. The van der Waals surface area contributed by atoms with Gasteiger partial charge in [0.25, 0.3) is 0 Å². The van der Waals surface area contributed by atoms with Crippen molar-refractivity contribution in [3.05, 3.63) is 35.9 Å². The van der Waals surface area contributed by atoms with Gasteiger partial charge in [-0.25, -0.2) is 0 Å². The third kappa shape index (κ3) is 5.27. The highest BCUT2D eigenvalue weighted by molar-refractivity contribution is 7.80. The molecule has 0 aliphatic heterocycles. The van der Waals surface area contributed by atoms with Crippen LogP contribution in [0.1, 0.15) is 38.7 Å². The molecule has 0 saturated heterocycles. The first-order valence-electron chi connectivity index (χ1n) is 7.09. The Labute approximate surface area is 131 Å². The summed E-state index contributed by atoms with van der Waals surface area (Å²) in [4.78, 5) is 11.7. The van der Waals surface area contributed by atoms with Gasteiger partial charge in [-0.3, -0.25) is 10.2 Å². The zero-order valence-corrected chi connectivity index (χ0v) is 13.3. The third-order valence-corrected chi connectivity index (χ3v) is 3.61. The Morgan fingerprint density at radius 1 is 1.29 bits per heavy atom. The van der Waals surface area contributed by atoms with Crippen molar-refractivity contribution < 1.29 is 4.79 Å². The molecule has 1 fully saturated rings. The Morgan fingerprint density at radius 3 is 2.67 bits per heavy atom. The molecule has 1 aliphatic carbocycles. The fourth-order valence-electron chi connectivity index (χ4n) is 2.53. The second kappa shape index (κ2) is 6.80. The topological polar surface area (TPSA) is 53.5 Å². The Morgan fingerprint density at radius 2 is 2.00 bits per heavy atom. The number of nitrogens with zero attached hydrogens (tertiary/aromatic N) is 1. The van der Waals surface area contributed by atoms with Gasteiger partial charge in [0.05, 0.1) is 0 Å². The van der Waals surface area contributed by atoms with Gasteiger partial charge < -0.3 is 5.32 Å². The van der Waals surface area contributed by atoms with E-state index in [9.17, 15) is 4.79 Å². The summed E-state index contributed by atoms with van der Waals surface area (Å²) in [6.45, 7) is 4.83. The lowest BCUT2D eigenvalue weighted by atomic mass is 9.76. The fraction of sp³-hybridized carbons (Fsp3) is 0.438. The minimum atomic E-state index is -0.00503. The van der Waals surface area contributed by atoms with E-state index in [-0.39, 0.29) is 11.2 Å². The zero-order valence-electron chi connectivity index (χ0n) is 12.5. The first-order valence-corrected chi connectivity index (χ1v) is 7.50. The van der Waals surface area contributed by atoms with Crippen molar-refractivity contribution in [2.24, 2.45) is 10.5 Å². The highest BCUT2D eigenvalue weighted by Crippen LogP contribution is 2.31. The van der Waals surface area contributed by atoms with Crippen molar-refractivity contribution in [3.63, 3.8) is 0 Å². The molecule has 2 rings (SSSR count). The Balaban J connectivity index is 1.83. The van der Waals surface area contributed by atoms with Gasteiger partial charge in [-0.1, -0.05) is 44.2 Å². The number of hydrazone groups is 1. The molecular formula is C16H21N3OS. The van der Waals surface area contributed by atoms with E-state index >= 15 is 0 Å². The van der Waals surface area contributed by atoms with Crippen LogP contribution in [0, 0.1) is 5.41 Å². The van der Waals surface area contributed by atoms with E-state index < -0.39 is 0 Å². The van der Waals surface area contributed by atoms with Gasteiger partial charge in [-0.05, 0) is 29.6 Å². The van der Waals surface area contributed by atoms with E-state index in [0.29, 0.717) is 24.5 Å². The monoisotopic (exact) mass is 303 g/mol. The van der Waals surface area contributed by atoms with Crippen molar-refractivity contribution in [1.29, 1.82) is 0 Å². The zero-order chi connectivity index (χ0) is 15.3. The number of rotatable bonds is 3. The van der Waals surface area contributed by atoms with Crippen LogP contribution in [0.25, 0.3) is 0 Å². The molecule has 0 atom stereocenters. The molecule has 0 bridgehead atoms. The van der Waals surface area contributed by atoms with Gasteiger partial charge in [0, 0.05) is 25.1 Å². The van der Waals surface area contributed by atoms with Gasteiger partial charge in [0.15, 0.2) is 5.11 Å². The molecule has 0 spiro atoms. The molecule has 1 aliphatic rings. The lowest BCUT2D eigenvalue weighted by Crippen LogP contribution is -2.35. The van der Waals surface area contributed by atoms with E-state index in [0.717, 1.165) is 17.7 Å². The number of hydrogen-bond acceptors (Lipinski definition) is 3. The minimum absolute atomic E-state index is 0.00503. The number of ketones is 1. The Bertz CT molecular complexity index is 552.